The lowest BCUT2D eigenvalue weighted by Crippen LogP contribution is -2.10. The second kappa shape index (κ2) is 3.49. The van der Waals surface area contributed by atoms with Gasteiger partial charge in [0, 0.05) is 10.9 Å². The molecule has 2 aromatic rings. The molecule has 0 saturated carbocycles. The summed E-state index contributed by atoms with van der Waals surface area (Å²) in [6.45, 7) is 0. The molecular formula is C9H10ClN3. The lowest BCUT2D eigenvalue weighted by Gasteiger charge is -1.88. The molecule has 68 valence electrons. The summed E-state index contributed by atoms with van der Waals surface area (Å²) in [5, 5.41) is 8.30. The second-order valence-corrected chi connectivity index (χ2v) is 2.68. The molecule has 1 heterocycles. The molecule has 0 aliphatic carbocycles. The maximum absolute atomic E-state index is 7.21. The molecular weight excluding hydrogens is 186 g/mol. The van der Waals surface area contributed by atoms with E-state index in [0.717, 1.165) is 10.9 Å². The zero-order chi connectivity index (χ0) is 8.55. The monoisotopic (exact) mass is 195 g/mol. The van der Waals surface area contributed by atoms with Gasteiger partial charge in [0.2, 0.25) is 0 Å². The fourth-order valence-corrected chi connectivity index (χ4v) is 1.22. The van der Waals surface area contributed by atoms with E-state index in [2.05, 4.69) is 4.98 Å². The molecule has 2 rings (SSSR count). The predicted molar refractivity (Wildman–Crippen MR) is 56.6 cm³/mol. The van der Waals surface area contributed by atoms with Gasteiger partial charge in [-0.25, -0.2) is 0 Å². The van der Waals surface area contributed by atoms with Crippen molar-refractivity contribution < 1.29 is 0 Å². The maximum atomic E-state index is 7.21. The summed E-state index contributed by atoms with van der Waals surface area (Å²) in [5.74, 6) is 0.0752. The molecule has 0 fully saturated rings. The molecule has 3 nitrogen and oxygen atoms in total. The summed E-state index contributed by atoms with van der Waals surface area (Å²) >= 11 is 0. The number of halogens is 1. The zero-order valence-electron chi connectivity index (χ0n) is 6.87. The number of hydrogen-bond donors (Lipinski definition) is 3. The van der Waals surface area contributed by atoms with Gasteiger partial charge in [-0.05, 0) is 12.1 Å². The van der Waals surface area contributed by atoms with Crippen LogP contribution in [-0.4, -0.2) is 10.8 Å². The Morgan fingerprint density at radius 1 is 1.31 bits per heavy atom. The fourth-order valence-electron chi connectivity index (χ4n) is 1.22. The lowest BCUT2D eigenvalue weighted by atomic mass is 10.2. The van der Waals surface area contributed by atoms with Crippen molar-refractivity contribution in [2.24, 2.45) is 5.73 Å². The number of aromatic nitrogens is 1. The molecule has 0 unspecified atom stereocenters. The number of nitrogens with two attached hydrogens (primary N) is 1. The van der Waals surface area contributed by atoms with Crippen LogP contribution in [0.5, 0.6) is 0 Å². The van der Waals surface area contributed by atoms with E-state index in [0.29, 0.717) is 5.69 Å². The van der Waals surface area contributed by atoms with E-state index in [9.17, 15) is 0 Å². The Hall–Kier alpha value is -1.48. The molecule has 4 heteroatoms. The maximum Gasteiger partial charge on any atom is 0.139 e. The molecule has 4 N–H and O–H groups in total. The van der Waals surface area contributed by atoms with E-state index in [1.165, 1.54) is 0 Å². The smallest absolute Gasteiger partial charge is 0.139 e. The quantitative estimate of drug-likeness (QED) is 0.472. The first kappa shape index (κ1) is 9.61. The zero-order valence-corrected chi connectivity index (χ0v) is 7.69. The van der Waals surface area contributed by atoms with Crippen LogP contribution in [0.2, 0.25) is 0 Å². The average molecular weight is 196 g/mol. The molecule has 0 amide bonds. The lowest BCUT2D eigenvalue weighted by molar-refractivity contribution is 1.34. The largest absolute Gasteiger partial charge is 0.382 e. The number of amidine groups is 1. The summed E-state index contributed by atoms with van der Waals surface area (Å²) in [4.78, 5) is 3.05. The molecule has 0 bridgehead atoms. The van der Waals surface area contributed by atoms with Crippen LogP contribution >= 0.6 is 12.4 Å². The highest BCUT2D eigenvalue weighted by Gasteiger charge is 2.00. The van der Waals surface area contributed by atoms with E-state index in [1.807, 2.05) is 30.3 Å². The first-order valence-corrected chi connectivity index (χ1v) is 3.69. The Balaban J connectivity index is 0.000000845. The molecule has 0 atom stereocenters. The van der Waals surface area contributed by atoms with Crippen LogP contribution in [0.3, 0.4) is 0 Å². The van der Waals surface area contributed by atoms with Crippen LogP contribution in [-0.2, 0) is 0 Å². The van der Waals surface area contributed by atoms with Gasteiger partial charge in [0.05, 0.1) is 5.69 Å². The van der Waals surface area contributed by atoms with Gasteiger partial charge >= 0.3 is 0 Å². The molecule has 1 aromatic heterocycles. The minimum atomic E-state index is 0. The third kappa shape index (κ3) is 1.65. The number of rotatable bonds is 1. The van der Waals surface area contributed by atoms with Crippen LogP contribution < -0.4 is 5.73 Å². The fraction of sp³-hybridized carbons (Fsp3) is 0. The van der Waals surface area contributed by atoms with Crippen molar-refractivity contribution in [3.63, 3.8) is 0 Å². The summed E-state index contributed by atoms with van der Waals surface area (Å²) in [7, 11) is 0. The van der Waals surface area contributed by atoms with Crippen molar-refractivity contribution >= 4 is 29.1 Å². The average Bonchev–Trinajstić information content (AvgIpc) is 2.46. The van der Waals surface area contributed by atoms with Gasteiger partial charge in [0.25, 0.3) is 0 Å². The number of hydrogen-bond acceptors (Lipinski definition) is 1. The van der Waals surface area contributed by atoms with Crippen LogP contribution in [0, 0.1) is 5.41 Å². The number of fused-ring (bicyclic) bond motifs is 1. The van der Waals surface area contributed by atoms with Crippen LogP contribution in [0.1, 0.15) is 5.69 Å². The second-order valence-electron chi connectivity index (χ2n) is 2.68. The topological polar surface area (TPSA) is 65.7 Å². The minimum Gasteiger partial charge on any atom is -0.382 e. The number of para-hydroxylation sites is 1. The Kier molecular flexibility index (Phi) is 2.58. The van der Waals surface area contributed by atoms with Gasteiger partial charge in [0.1, 0.15) is 5.84 Å². The van der Waals surface area contributed by atoms with Crippen molar-refractivity contribution in [1.29, 1.82) is 5.41 Å². The van der Waals surface area contributed by atoms with Crippen molar-refractivity contribution in [2.75, 3.05) is 0 Å². The van der Waals surface area contributed by atoms with Gasteiger partial charge in [-0.3, -0.25) is 5.41 Å². The Labute approximate surface area is 81.9 Å². The number of aromatic amines is 1. The van der Waals surface area contributed by atoms with E-state index in [-0.39, 0.29) is 18.2 Å². The molecule has 0 radical (unpaired) electrons. The first-order valence-electron chi connectivity index (χ1n) is 3.69. The number of H-pyrrole nitrogens is 1. The highest BCUT2D eigenvalue weighted by atomic mass is 35.5. The summed E-state index contributed by atoms with van der Waals surface area (Å²) < 4.78 is 0. The molecule has 0 aliphatic heterocycles. The number of nitrogens with one attached hydrogen (secondary N) is 2. The standard InChI is InChI=1S/C9H9N3.ClH/c10-9(11)8-5-6-3-1-2-4-7(6)12-8;/h1-5,12H,(H3,10,11);1H. The Morgan fingerprint density at radius 3 is 2.62 bits per heavy atom. The van der Waals surface area contributed by atoms with Gasteiger partial charge in [0.15, 0.2) is 0 Å². The van der Waals surface area contributed by atoms with Crippen LogP contribution in [0.15, 0.2) is 30.3 Å². The van der Waals surface area contributed by atoms with Crippen LogP contribution in [0.4, 0.5) is 0 Å². The number of nitrogen functional groups attached to an aromatic ring is 1. The summed E-state index contributed by atoms with van der Waals surface area (Å²) in [6.07, 6.45) is 0. The van der Waals surface area contributed by atoms with Gasteiger partial charge in [-0.15, -0.1) is 12.4 Å². The van der Waals surface area contributed by atoms with Gasteiger partial charge in [-0.2, -0.15) is 0 Å². The highest BCUT2D eigenvalue weighted by Crippen LogP contribution is 2.13. The summed E-state index contributed by atoms with van der Waals surface area (Å²) in [5.41, 5.74) is 7.02. The normalized spacial score (nSPS) is 9.54. The summed E-state index contributed by atoms with van der Waals surface area (Å²) in [6, 6.07) is 9.72. The van der Waals surface area contributed by atoms with Crippen LogP contribution in [0.25, 0.3) is 10.9 Å². The van der Waals surface area contributed by atoms with Crippen molar-refractivity contribution in [3.8, 4) is 0 Å². The molecule has 1 aromatic carbocycles. The van der Waals surface area contributed by atoms with E-state index in [1.54, 1.807) is 0 Å². The Bertz CT molecular complexity index is 400. The minimum absolute atomic E-state index is 0. The van der Waals surface area contributed by atoms with Crippen molar-refractivity contribution in [1.82, 2.24) is 4.98 Å². The molecule has 13 heavy (non-hydrogen) atoms. The number of benzene rings is 1. The van der Waals surface area contributed by atoms with Gasteiger partial charge < -0.3 is 10.7 Å². The van der Waals surface area contributed by atoms with Gasteiger partial charge in [-0.1, -0.05) is 18.2 Å². The molecule has 0 saturated heterocycles. The first-order chi connectivity index (χ1) is 5.77. The van der Waals surface area contributed by atoms with Crippen molar-refractivity contribution in [2.45, 2.75) is 0 Å². The van der Waals surface area contributed by atoms with E-state index in [4.69, 9.17) is 11.1 Å². The molecule has 0 aliphatic rings. The SMILES string of the molecule is Cl.N=C(N)c1cc2ccccc2[nH]1. The molecule has 0 spiro atoms. The van der Waals surface area contributed by atoms with E-state index >= 15 is 0 Å². The highest BCUT2D eigenvalue weighted by molar-refractivity contribution is 5.98. The van der Waals surface area contributed by atoms with E-state index < -0.39 is 0 Å². The Morgan fingerprint density at radius 2 is 2.00 bits per heavy atom. The van der Waals surface area contributed by atoms with Crippen molar-refractivity contribution in [3.05, 3.63) is 36.0 Å². The third-order valence-electron chi connectivity index (χ3n) is 1.82. The predicted octanol–water partition coefficient (Wildman–Crippen LogP) is 1.87. The third-order valence-corrected chi connectivity index (χ3v) is 1.82.